The number of nitrogens with zero attached hydrogens (tertiary/aromatic N) is 5. The first-order valence-corrected chi connectivity index (χ1v) is 6.17. The highest BCUT2D eigenvalue weighted by Crippen LogP contribution is 2.19. The van der Waals surface area contributed by atoms with E-state index in [0.717, 1.165) is 29.7 Å². The molecular weight excluding hydrogens is 228 g/mol. The second-order valence-electron chi connectivity index (χ2n) is 4.64. The zero-order valence-corrected chi connectivity index (χ0v) is 10.6. The van der Waals surface area contributed by atoms with Gasteiger partial charge in [0.1, 0.15) is 11.6 Å². The minimum Gasteiger partial charge on any atom is -0.308 e. The summed E-state index contributed by atoms with van der Waals surface area (Å²) in [5.41, 5.74) is 0.937. The van der Waals surface area contributed by atoms with Gasteiger partial charge >= 0.3 is 0 Å². The third-order valence-electron chi connectivity index (χ3n) is 2.91. The number of rotatable bonds is 4. The van der Waals surface area contributed by atoms with Crippen LogP contribution in [0.15, 0.2) is 12.4 Å². The summed E-state index contributed by atoms with van der Waals surface area (Å²) in [5, 5.41) is 7.74. The highest BCUT2D eigenvalue weighted by Gasteiger charge is 2.20. The predicted molar refractivity (Wildman–Crippen MR) is 66.3 cm³/mol. The first kappa shape index (κ1) is 11.3. The molecule has 0 bridgehead atoms. The van der Waals surface area contributed by atoms with Crippen LogP contribution in [0.1, 0.15) is 30.2 Å². The van der Waals surface area contributed by atoms with E-state index >= 15 is 0 Å². The fourth-order valence-corrected chi connectivity index (χ4v) is 1.86. The lowest BCUT2D eigenvalue weighted by molar-refractivity contribution is 0.665. The summed E-state index contributed by atoms with van der Waals surface area (Å²) in [6, 6.07) is 0.672. The van der Waals surface area contributed by atoms with E-state index in [1.807, 2.05) is 13.8 Å². The van der Waals surface area contributed by atoms with Crippen LogP contribution in [0.5, 0.6) is 0 Å². The minimum absolute atomic E-state index is 0.672. The third-order valence-corrected chi connectivity index (χ3v) is 2.91. The molecule has 1 N–H and O–H groups in total. The summed E-state index contributed by atoms with van der Waals surface area (Å²) in [5.74, 6) is 2.30. The zero-order valence-electron chi connectivity index (χ0n) is 10.6. The van der Waals surface area contributed by atoms with Crippen LogP contribution in [0.2, 0.25) is 0 Å². The van der Waals surface area contributed by atoms with E-state index in [1.54, 1.807) is 17.1 Å². The van der Waals surface area contributed by atoms with Crippen LogP contribution < -0.4 is 5.32 Å². The van der Waals surface area contributed by atoms with Crippen molar-refractivity contribution in [2.75, 3.05) is 0 Å². The van der Waals surface area contributed by atoms with Crippen molar-refractivity contribution in [3.05, 3.63) is 29.7 Å². The number of hydrogen-bond acceptors (Lipinski definition) is 5. The molecule has 0 atom stereocenters. The normalized spacial score (nSPS) is 15.0. The molecule has 1 saturated carbocycles. The Kier molecular flexibility index (Phi) is 2.79. The second kappa shape index (κ2) is 4.45. The van der Waals surface area contributed by atoms with Crippen molar-refractivity contribution < 1.29 is 0 Å². The summed E-state index contributed by atoms with van der Waals surface area (Å²) in [6.45, 7) is 4.55. The molecule has 6 nitrogen and oxygen atoms in total. The summed E-state index contributed by atoms with van der Waals surface area (Å²) < 4.78 is 1.73. The van der Waals surface area contributed by atoms with Crippen molar-refractivity contribution in [3.63, 3.8) is 0 Å². The van der Waals surface area contributed by atoms with Gasteiger partial charge in [0.2, 0.25) is 0 Å². The van der Waals surface area contributed by atoms with Gasteiger partial charge in [0.05, 0.1) is 11.9 Å². The average Bonchev–Trinajstić information content (AvgIpc) is 3.12. The Balaban J connectivity index is 1.82. The van der Waals surface area contributed by atoms with E-state index in [1.165, 1.54) is 12.8 Å². The molecule has 0 unspecified atom stereocenters. The summed E-state index contributed by atoms with van der Waals surface area (Å²) in [6.07, 6.45) is 6.04. The standard InChI is InChI=1S/C12H16N6/c1-8-15-9(2)18(17-8)12-7-13-5-11(16-12)6-14-10-3-4-10/h5,7,10,14H,3-4,6H2,1-2H3. The molecule has 0 spiro atoms. The highest BCUT2D eigenvalue weighted by molar-refractivity contribution is 5.20. The molecule has 1 aliphatic carbocycles. The number of hydrogen-bond donors (Lipinski definition) is 1. The van der Waals surface area contributed by atoms with Crippen molar-refractivity contribution in [1.82, 2.24) is 30.0 Å². The first-order valence-electron chi connectivity index (χ1n) is 6.17. The van der Waals surface area contributed by atoms with Gasteiger partial charge in [0, 0.05) is 18.8 Å². The minimum atomic E-state index is 0.672. The molecule has 1 aliphatic rings. The van der Waals surface area contributed by atoms with Crippen molar-refractivity contribution in [3.8, 4) is 5.82 Å². The van der Waals surface area contributed by atoms with Crippen molar-refractivity contribution in [2.45, 2.75) is 39.3 Å². The van der Waals surface area contributed by atoms with Gasteiger partial charge in [0.25, 0.3) is 0 Å². The van der Waals surface area contributed by atoms with Crippen molar-refractivity contribution in [2.24, 2.45) is 0 Å². The number of aromatic nitrogens is 5. The van der Waals surface area contributed by atoms with E-state index in [2.05, 4.69) is 25.4 Å². The van der Waals surface area contributed by atoms with E-state index in [9.17, 15) is 0 Å². The Labute approximate surface area is 105 Å². The molecule has 2 aromatic heterocycles. The smallest absolute Gasteiger partial charge is 0.174 e. The summed E-state index contributed by atoms with van der Waals surface area (Å²) in [4.78, 5) is 13.0. The van der Waals surface area contributed by atoms with Crippen LogP contribution in [-0.4, -0.2) is 30.8 Å². The van der Waals surface area contributed by atoms with E-state index in [0.29, 0.717) is 6.04 Å². The van der Waals surface area contributed by atoms with Crippen molar-refractivity contribution >= 4 is 0 Å². The lowest BCUT2D eigenvalue weighted by atomic mass is 10.4. The largest absolute Gasteiger partial charge is 0.308 e. The Morgan fingerprint density at radius 2 is 2.11 bits per heavy atom. The Hall–Kier alpha value is -1.82. The highest BCUT2D eigenvalue weighted by atomic mass is 15.4. The zero-order chi connectivity index (χ0) is 12.5. The third kappa shape index (κ3) is 2.38. The summed E-state index contributed by atoms with van der Waals surface area (Å²) >= 11 is 0. The van der Waals surface area contributed by atoms with E-state index in [4.69, 9.17) is 0 Å². The molecule has 2 aromatic rings. The maximum Gasteiger partial charge on any atom is 0.174 e. The lowest BCUT2D eigenvalue weighted by Gasteiger charge is -2.05. The molecule has 0 aliphatic heterocycles. The molecule has 1 fully saturated rings. The molecule has 0 amide bonds. The van der Waals surface area contributed by atoms with Gasteiger partial charge in [-0.25, -0.2) is 9.97 Å². The quantitative estimate of drug-likeness (QED) is 0.866. The van der Waals surface area contributed by atoms with Crippen LogP contribution >= 0.6 is 0 Å². The van der Waals surface area contributed by atoms with Crippen molar-refractivity contribution in [1.29, 1.82) is 0 Å². The molecule has 3 rings (SSSR count). The van der Waals surface area contributed by atoms with Crippen LogP contribution in [0, 0.1) is 13.8 Å². The fraction of sp³-hybridized carbons (Fsp3) is 0.500. The Morgan fingerprint density at radius 3 is 2.78 bits per heavy atom. The van der Waals surface area contributed by atoms with Gasteiger partial charge in [-0.3, -0.25) is 4.98 Å². The molecule has 18 heavy (non-hydrogen) atoms. The lowest BCUT2D eigenvalue weighted by Crippen LogP contribution is -2.17. The number of nitrogens with one attached hydrogen (secondary N) is 1. The maximum atomic E-state index is 4.55. The van der Waals surface area contributed by atoms with Crippen LogP contribution in [0.3, 0.4) is 0 Å². The molecular formula is C12H16N6. The van der Waals surface area contributed by atoms with Crippen LogP contribution in [0.4, 0.5) is 0 Å². The van der Waals surface area contributed by atoms with Gasteiger partial charge in [0.15, 0.2) is 5.82 Å². The SMILES string of the molecule is Cc1nc(C)n(-c2cncc(CNC3CC3)n2)n1. The van der Waals surface area contributed by atoms with Crippen LogP contribution in [0.25, 0.3) is 5.82 Å². The Morgan fingerprint density at radius 1 is 1.28 bits per heavy atom. The molecule has 0 aromatic carbocycles. The average molecular weight is 244 g/mol. The molecule has 0 radical (unpaired) electrons. The Bertz CT molecular complexity index is 557. The first-order chi connectivity index (χ1) is 8.72. The van der Waals surface area contributed by atoms with Gasteiger partial charge in [-0.15, -0.1) is 5.10 Å². The van der Waals surface area contributed by atoms with E-state index < -0.39 is 0 Å². The maximum absolute atomic E-state index is 4.55. The summed E-state index contributed by atoms with van der Waals surface area (Å²) in [7, 11) is 0. The molecule has 0 saturated heterocycles. The van der Waals surface area contributed by atoms with Crippen LogP contribution in [-0.2, 0) is 6.54 Å². The van der Waals surface area contributed by atoms with Gasteiger partial charge in [-0.2, -0.15) is 4.68 Å². The fourth-order valence-electron chi connectivity index (χ4n) is 1.86. The molecule has 6 heteroatoms. The second-order valence-corrected chi connectivity index (χ2v) is 4.64. The van der Waals surface area contributed by atoms with Gasteiger partial charge in [-0.05, 0) is 26.7 Å². The topological polar surface area (TPSA) is 68.5 Å². The van der Waals surface area contributed by atoms with E-state index in [-0.39, 0.29) is 0 Å². The monoisotopic (exact) mass is 244 g/mol. The number of aryl methyl sites for hydroxylation is 2. The molecule has 94 valence electrons. The molecule has 2 heterocycles. The van der Waals surface area contributed by atoms with Gasteiger partial charge < -0.3 is 5.32 Å². The van der Waals surface area contributed by atoms with Gasteiger partial charge in [-0.1, -0.05) is 0 Å². The predicted octanol–water partition coefficient (Wildman–Crippen LogP) is 0.926.